The van der Waals surface area contributed by atoms with Crippen LogP contribution in [0.1, 0.15) is 22.0 Å². The average molecular weight is 440 g/mol. The summed E-state index contributed by atoms with van der Waals surface area (Å²) in [7, 11) is 1.55. The third-order valence-electron chi connectivity index (χ3n) is 5.12. The van der Waals surface area contributed by atoms with Crippen LogP contribution in [0.25, 0.3) is 5.76 Å². The molecule has 152 valence electrons. The first-order chi connectivity index (χ1) is 14.4. The fourth-order valence-corrected chi connectivity index (χ4v) is 4.55. The van der Waals surface area contributed by atoms with E-state index in [1.807, 2.05) is 17.5 Å². The van der Waals surface area contributed by atoms with Gasteiger partial charge in [0.2, 0.25) is 0 Å². The Balaban J connectivity index is 1.93. The van der Waals surface area contributed by atoms with Gasteiger partial charge in [-0.2, -0.15) is 0 Å². The van der Waals surface area contributed by atoms with E-state index in [2.05, 4.69) is 0 Å². The van der Waals surface area contributed by atoms with E-state index >= 15 is 0 Å². The maximum Gasteiger partial charge on any atom is 0.300 e. The van der Waals surface area contributed by atoms with Gasteiger partial charge >= 0.3 is 0 Å². The molecule has 1 aliphatic rings. The van der Waals surface area contributed by atoms with Crippen molar-refractivity contribution in [2.45, 2.75) is 13.0 Å². The lowest BCUT2D eigenvalue weighted by Gasteiger charge is -2.26. The number of anilines is 1. The Kier molecular flexibility index (Phi) is 5.37. The van der Waals surface area contributed by atoms with Crippen molar-refractivity contribution in [3.05, 3.63) is 86.6 Å². The van der Waals surface area contributed by atoms with Crippen LogP contribution in [0, 0.1) is 6.92 Å². The smallest absolute Gasteiger partial charge is 0.300 e. The fourth-order valence-electron chi connectivity index (χ4n) is 3.56. The molecule has 2 aromatic carbocycles. The number of nitrogens with zero attached hydrogens (tertiary/aromatic N) is 1. The molecule has 30 heavy (non-hydrogen) atoms. The van der Waals surface area contributed by atoms with Gasteiger partial charge in [-0.05, 0) is 60.3 Å². The topological polar surface area (TPSA) is 66.8 Å². The van der Waals surface area contributed by atoms with Crippen LogP contribution in [0.4, 0.5) is 5.69 Å². The summed E-state index contributed by atoms with van der Waals surface area (Å²) in [5, 5.41) is 13.4. The van der Waals surface area contributed by atoms with Crippen molar-refractivity contribution in [2.75, 3.05) is 12.0 Å². The van der Waals surface area contributed by atoms with Gasteiger partial charge in [0.1, 0.15) is 17.6 Å². The Morgan fingerprint density at radius 2 is 1.83 bits per heavy atom. The molecule has 1 aliphatic heterocycles. The highest BCUT2D eigenvalue weighted by Gasteiger charge is 2.47. The van der Waals surface area contributed by atoms with Gasteiger partial charge in [-0.25, -0.2) is 0 Å². The molecule has 2 heterocycles. The van der Waals surface area contributed by atoms with E-state index in [9.17, 15) is 14.7 Å². The van der Waals surface area contributed by atoms with Gasteiger partial charge in [0.25, 0.3) is 11.7 Å². The van der Waals surface area contributed by atoms with E-state index in [1.54, 1.807) is 56.5 Å². The molecule has 3 aromatic rings. The molecule has 0 saturated carbocycles. The zero-order valence-electron chi connectivity index (χ0n) is 16.3. The normalized spacial score (nSPS) is 18.1. The molecular formula is C23H18ClNO4S. The van der Waals surface area contributed by atoms with Crippen LogP contribution in [0.5, 0.6) is 5.75 Å². The third kappa shape index (κ3) is 3.28. The van der Waals surface area contributed by atoms with Crippen LogP contribution in [0.2, 0.25) is 5.02 Å². The lowest BCUT2D eigenvalue weighted by Crippen LogP contribution is -2.29. The summed E-state index contributed by atoms with van der Waals surface area (Å²) in [6.45, 7) is 1.80. The van der Waals surface area contributed by atoms with E-state index in [1.165, 1.54) is 16.2 Å². The molecule has 1 unspecified atom stereocenters. The number of aliphatic hydroxyl groups is 1. The molecular weight excluding hydrogens is 422 g/mol. The highest BCUT2D eigenvalue weighted by molar-refractivity contribution is 7.10. The Hall–Kier alpha value is -3.09. The summed E-state index contributed by atoms with van der Waals surface area (Å²) in [6, 6.07) is 14.8. The summed E-state index contributed by atoms with van der Waals surface area (Å²) < 4.78 is 5.15. The zero-order valence-corrected chi connectivity index (χ0v) is 17.8. The minimum atomic E-state index is -0.746. The van der Waals surface area contributed by atoms with Gasteiger partial charge in [-0.15, -0.1) is 11.3 Å². The number of carbonyl (C=O) groups is 2. The van der Waals surface area contributed by atoms with E-state index in [0.717, 1.165) is 4.88 Å². The number of ketones is 1. The minimum Gasteiger partial charge on any atom is -0.507 e. The second kappa shape index (κ2) is 7.97. The maximum atomic E-state index is 13.1. The molecule has 0 bridgehead atoms. The highest BCUT2D eigenvalue weighted by Crippen LogP contribution is 2.45. The van der Waals surface area contributed by atoms with E-state index in [0.29, 0.717) is 27.6 Å². The summed E-state index contributed by atoms with van der Waals surface area (Å²) in [4.78, 5) is 28.3. The number of Topliss-reactive ketones (excluding diaryl/α,β-unsaturated/α-hetero) is 1. The van der Waals surface area contributed by atoms with Crippen molar-refractivity contribution < 1.29 is 19.4 Å². The highest BCUT2D eigenvalue weighted by atomic mass is 35.5. The van der Waals surface area contributed by atoms with E-state index < -0.39 is 17.7 Å². The summed E-state index contributed by atoms with van der Waals surface area (Å²) in [5.41, 5.74) is 1.70. The Labute approximate surface area is 182 Å². The van der Waals surface area contributed by atoms with Crippen molar-refractivity contribution in [2.24, 2.45) is 0 Å². The number of hydrogen-bond acceptors (Lipinski definition) is 5. The molecule has 4 rings (SSSR count). The van der Waals surface area contributed by atoms with E-state index in [4.69, 9.17) is 16.3 Å². The van der Waals surface area contributed by atoms with Crippen molar-refractivity contribution in [1.29, 1.82) is 0 Å². The van der Waals surface area contributed by atoms with Gasteiger partial charge in [0.15, 0.2) is 0 Å². The lowest BCUT2D eigenvalue weighted by molar-refractivity contribution is -0.132. The first-order valence-corrected chi connectivity index (χ1v) is 10.4. The van der Waals surface area contributed by atoms with Crippen LogP contribution >= 0.6 is 22.9 Å². The molecule has 1 atom stereocenters. The average Bonchev–Trinajstić information content (AvgIpc) is 3.37. The lowest BCUT2D eigenvalue weighted by atomic mass is 9.99. The number of thiophene rings is 1. The van der Waals surface area contributed by atoms with Crippen molar-refractivity contribution in [1.82, 2.24) is 0 Å². The van der Waals surface area contributed by atoms with Crippen LogP contribution in [0.15, 0.2) is 65.6 Å². The number of ether oxygens (including phenoxy) is 1. The van der Waals surface area contributed by atoms with Gasteiger partial charge in [0.05, 0.1) is 12.7 Å². The maximum absolute atomic E-state index is 13.1. The predicted octanol–water partition coefficient (Wildman–Crippen LogP) is 5.34. The molecule has 0 aliphatic carbocycles. The first kappa shape index (κ1) is 20.2. The van der Waals surface area contributed by atoms with Crippen molar-refractivity contribution in [3.8, 4) is 5.75 Å². The second-order valence-corrected chi connectivity index (χ2v) is 8.18. The number of methoxy groups -OCH3 is 1. The molecule has 0 spiro atoms. The number of hydrogen-bond donors (Lipinski definition) is 1. The standard InChI is InChI=1S/C23H18ClNO4S/c1-13-16(24)5-3-6-17(13)25-20(18-7-4-12-30-18)19(22(27)23(25)28)21(26)14-8-10-15(29-2)11-9-14/h3-12,20,26H,1-2H3/b21-19-. The summed E-state index contributed by atoms with van der Waals surface area (Å²) >= 11 is 7.69. The number of halogens is 1. The first-order valence-electron chi connectivity index (χ1n) is 9.18. The molecule has 1 N–H and O–H groups in total. The molecule has 1 fully saturated rings. The number of carbonyl (C=O) groups excluding carboxylic acids is 2. The van der Waals surface area contributed by atoms with Crippen LogP contribution in [0.3, 0.4) is 0 Å². The van der Waals surface area contributed by atoms with Crippen LogP contribution in [-0.2, 0) is 9.59 Å². The number of amides is 1. The zero-order chi connectivity index (χ0) is 21.4. The number of rotatable bonds is 4. The van der Waals surface area contributed by atoms with Crippen LogP contribution in [-0.4, -0.2) is 23.9 Å². The SMILES string of the molecule is COc1ccc(/C(O)=C2/C(=O)C(=O)N(c3cccc(Cl)c3C)C2c2cccs2)cc1. The quantitative estimate of drug-likeness (QED) is 0.338. The monoisotopic (exact) mass is 439 g/mol. The van der Waals surface area contributed by atoms with Gasteiger partial charge in [-0.3, -0.25) is 14.5 Å². The Morgan fingerprint density at radius 1 is 1.10 bits per heavy atom. The second-order valence-electron chi connectivity index (χ2n) is 6.80. The molecule has 1 aromatic heterocycles. The molecule has 7 heteroatoms. The number of benzene rings is 2. The summed E-state index contributed by atoms with van der Waals surface area (Å²) in [6.07, 6.45) is 0. The van der Waals surface area contributed by atoms with Crippen LogP contribution < -0.4 is 9.64 Å². The molecule has 5 nitrogen and oxygen atoms in total. The van der Waals surface area contributed by atoms with Gasteiger partial charge < -0.3 is 9.84 Å². The fraction of sp³-hybridized carbons (Fsp3) is 0.130. The minimum absolute atomic E-state index is 0.0481. The Bertz CT molecular complexity index is 1150. The Morgan fingerprint density at radius 3 is 2.47 bits per heavy atom. The van der Waals surface area contributed by atoms with Crippen molar-refractivity contribution in [3.63, 3.8) is 0 Å². The third-order valence-corrected chi connectivity index (χ3v) is 6.45. The van der Waals surface area contributed by atoms with E-state index in [-0.39, 0.29) is 11.3 Å². The number of aliphatic hydroxyl groups excluding tert-OH is 1. The van der Waals surface area contributed by atoms with Gasteiger partial charge in [-0.1, -0.05) is 23.7 Å². The molecule has 0 radical (unpaired) electrons. The largest absolute Gasteiger partial charge is 0.507 e. The summed E-state index contributed by atoms with van der Waals surface area (Å²) in [5.74, 6) is -1.04. The molecule has 1 amide bonds. The van der Waals surface area contributed by atoms with Crippen molar-refractivity contribution >= 4 is 46.1 Å². The predicted molar refractivity (Wildman–Crippen MR) is 118 cm³/mol. The van der Waals surface area contributed by atoms with Gasteiger partial charge in [0, 0.05) is 21.2 Å². The molecule has 1 saturated heterocycles.